The van der Waals surface area contributed by atoms with Gasteiger partial charge in [-0.15, -0.1) is 0 Å². The van der Waals surface area contributed by atoms with Gasteiger partial charge in [0.15, 0.2) is 0 Å². The molecule has 1 aliphatic rings. The first-order valence-corrected chi connectivity index (χ1v) is 5.51. The van der Waals surface area contributed by atoms with Gasteiger partial charge in [0.2, 0.25) is 5.91 Å². The van der Waals surface area contributed by atoms with Crippen molar-refractivity contribution in [3.05, 3.63) is 29.8 Å². The number of halogens is 2. The third-order valence-corrected chi connectivity index (χ3v) is 2.64. The number of nitrogens with one attached hydrogen (secondary N) is 1. The molecule has 0 saturated carbocycles. The SMILES string of the molecule is O=C(CC1CCCO1)Nc1ccc(F)cc1F. The van der Waals surface area contributed by atoms with Crippen molar-refractivity contribution >= 4 is 11.6 Å². The Morgan fingerprint density at radius 2 is 2.29 bits per heavy atom. The Labute approximate surface area is 97.8 Å². The molecule has 1 fully saturated rings. The molecule has 0 radical (unpaired) electrons. The Morgan fingerprint density at radius 1 is 1.47 bits per heavy atom. The Bertz CT molecular complexity index is 417. The van der Waals surface area contributed by atoms with Gasteiger partial charge >= 0.3 is 0 Å². The molecule has 0 aromatic heterocycles. The molecule has 2 rings (SSSR count). The van der Waals surface area contributed by atoms with Crippen LogP contribution in [-0.2, 0) is 9.53 Å². The molecule has 0 bridgehead atoms. The predicted molar refractivity (Wildman–Crippen MR) is 58.6 cm³/mol. The monoisotopic (exact) mass is 241 g/mol. The second-order valence-electron chi connectivity index (χ2n) is 4.01. The number of carbonyl (C=O) groups is 1. The van der Waals surface area contributed by atoms with Crippen molar-refractivity contribution in [1.29, 1.82) is 0 Å². The molecule has 1 aromatic rings. The number of ether oxygens (including phenoxy) is 1. The molecule has 0 spiro atoms. The van der Waals surface area contributed by atoms with E-state index in [1.54, 1.807) is 0 Å². The maximum Gasteiger partial charge on any atom is 0.227 e. The van der Waals surface area contributed by atoms with Crippen LogP contribution >= 0.6 is 0 Å². The minimum Gasteiger partial charge on any atom is -0.378 e. The third-order valence-electron chi connectivity index (χ3n) is 2.64. The smallest absolute Gasteiger partial charge is 0.227 e. The first-order chi connectivity index (χ1) is 8.15. The van der Waals surface area contributed by atoms with Crippen molar-refractivity contribution in [3.63, 3.8) is 0 Å². The summed E-state index contributed by atoms with van der Waals surface area (Å²) in [7, 11) is 0. The molecule has 1 N–H and O–H groups in total. The van der Waals surface area contributed by atoms with E-state index in [9.17, 15) is 13.6 Å². The number of benzene rings is 1. The number of hydrogen-bond acceptors (Lipinski definition) is 2. The van der Waals surface area contributed by atoms with Gasteiger partial charge in [-0.25, -0.2) is 8.78 Å². The van der Waals surface area contributed by atoms with Gasteiger partial charge in [0.1, 0.15) is 11.6 Å². The number of carbonyl (C=O) groups excluding carboxylic acids is 1. The fourth-order valence-electron chi connectivity index (χ4n) is 1.80. The van der Waals surface area contributed by atoms with Crippen molar-refractivity contribution in [2.75, 3.05) is 11.9 Å². The Balaban J connectivity index is 1.93. The largest absolute Gasteiger partial charge is 0.378 e. The summed E-state index contributed by atoms with van der Waals surface area (Å²) in [6.07, 6.45) is 1.91. The average Bonchev–Trinajstić information content (AvgIpc) is 2.75. The summed E-state index contributed by atoms with van der Waals surface area (Å²) in [4.78, 5) is 11.6. The van der Waals surface area contributed by atoms with Gasteiger partial charge < -0.3 is 10.1 Å². The van der Waals surface area contributed by atoms with Crippen LogP contribution in [0, 0.1) is 11.6 Å². The zero-order valence-corrected chi connectivity index (χ0v) is 9.21. The number of rotatable bonds is 3. The van der Waals surface area contributed by atoms with Gasteiger partial charge in [0.05, 0.1) is 18.2 Å². The van der Waals surface area contributed by atoms with Crippen molar-refractivity contribution in [2.45, 2.75) is 25.4 Å². The highest BCUT2D eigenvalue weighted by atomic mass is 19.1. The molecule has 1 saturated heterocycles. The topological polar surface area (TPSA) is 38.3 Å². The second-order valence-corrected chi connectivity index (χ2v) is 4.01. The van der Waals surface area contributed by atoms with E-state index >= 15 is 0 Å². The molecule has 1 aromatic carbocycles. The molecule has 1 heterocycles. The Kier molecular flexibility index (Phi) is 3.68. The summed E-state index contributed by atoms with van der Waals surface area (Å²) in [5.74, 6) is -1.76. The van der Waals surface area contributed by atoms with Crippen LogP contribution in [0.15, 0.2) is 18.2 Å². The number of amides is 1. The van der Waals surface area contributed by atoms with Crippen LogP contribution in [0.5, 0.6) is 0 Å². The zero-order valence-electron chi connectivity index (χ0n) is 9.21. The van der Waals surface area contributed by atoms with Gasteiger partial charge in [-0.2, -0.15) is 0 Å². The van der Waals surface area contributed by atoms with Crippen molar-refractivity contribution in [2.24, 2.45) is 0 Å². The first kappa shape index (κ1) is 12.0. The van der Waals surface area contributed by atoms with E-state index in [4.69, 9.17) is 4.74 Å². The van der Waals surface area contributed by atoms with Crippen LogP contribution in [0.4, 0.5) is 14.5 Å². The minimum atomic E-state index is -0.773. The molecule has 1 atom stereocenters. The van der Waals surface area contributed by atoms with Crippen molar-refractivity contribution in [3.8, 4) is 0 Å². The average molecular weight is 241 g/mol. The number of hydrogen-bond donors (Lipinski definition) is 1. The maximum absolute atomic E-state index is 13.2. The lowest BCUT2D eigenvalue weighted by atomic mass is 10.1. The molecule has 1 amide bonds. The first-order valence-electron chi connectivity index (χ1n) is 5.51. The summed E-state index contributed by atoms with van der Waals surface area (Å²) < 4.78 is 31.2. The molecule has 1 unspecified atom stereocenters. The molecule has 3 nitrogen and oxygen atoms in total. The molecule has 92 valence electrons. The molecule has 5 heteroatoms. The van der Waals surface area contributed by atoms with Gasteiger partial charge in [-0.05, 0) is 25.0 Å². The van der Waals surface area contributed by atoms with Crippen LogP contribution in [0.25, 0.3) is 0 Å². The van der Waals surface area contributed by atoms with Gasteiger partial charge in [-0.1, -0.05) is 0 Å². The van der Waals surface area contributed by atoms with Crippen molar-refractivity contribution in [1.82, 2.24) is 0 Å². The van der Waals surface area contributed by atoms with E-state index in [1.165, 1.54) is 6.07 Å². The van der Waals surface area contributed by atoms with Gasteiger partial charge in [0, 0.05) is 12.7 Å². The molecular weight excluding hydrogens is 228 g/mol. The highest BCUT2D eigenvalue weighted by Crippen LogP contribution is 2.18. The summed E-state index contributed by atoms with van der Waals surface area (Å²) in [6.45, 7) is 0.670. The molecule has 1 aliphatic heterocycles. The minimum absolute atomic E-state index is 0.00519. The highest BCUT2D eigenvalue weighted by molar-refractivity contribution is 5.91. The maximum atomic E-state index is 13.2. The van der Waals surface area contributed by atoms with Gasteiger partial charge in [-0.3, -0.25) is 4.79 Å². The van der Waals surface area contributed by atoms with Crippen LogP contribution in [0.1, 0.15) is 19.3 Å². The third kappa shape index (κ3) is 3.23. The fraction of sp³-hybridized carbons (Fsp3) is 0.417. The quantitative estimate of drug-likeness (QED) is 0.882. The Morgan fingerprint density at radius 3 is 2.94 bits per heavy atom. The lowest BCUT2D eigenvalue weighted by Crippen LogP contribution is -2.19. The van der Waals surface area contributed by atoms with Crippen LogP contribution < -0.4 is 5.32 Å². The highest BCUT2D eigenvalue weighted by Gasteiger charge is 2.19. The second kappa shape index (κ2) is 5.23. The fourth-order valence-corrected chi connectivity index (χ4v) is 1.80. The van der Waals surface area contributed by atoms with Gasteiger partial charge in [0.25, 0.3) is 0 Å². The predicted octanol–water partition coefficient (Wildman–Crippen LogP) is 2.47. The van der Waals surface area contributed by atoms with Crippen LogP contribution in [-0.4, -0.2) is 18.6 Å². The molecule has 17 heavy (non-hydrogen) atoms. The van der Waals surface area contributed by atoms with E-state index < -0.39 is 11.6 Å². The normalized spacial score (nSPS) is 19.3. The van der Waals surface area contributed by atoms with E-state index in [1.807, 2.05) is 0 Å². The summed E-state index contributed by atoms with van der Waals surface area (Å²) >= 11 is 0. The van der Waals surface area contributed by atoms with Crippen LogP contribution in [0.3, 0.4) is 0 Å². The molecule has 0 aliphatic carbocycles. The Hall–Kier alpha value is -1.49. The van der Waals surface area contributed by atoms with Crippen molar-refractivity contribution < 1.29 is 18.3 Å². The summed E-state index contributed by atoms with van der Waals surface area (Å²) in [6, 6.07) is 3.05. The van der Waals surface area contributed by atoms with E-state index in [0.717, 1.165) is 25.0 Å². The lowest BCUT2D eigenvalue weighted by Gasteiger charge is -2.10. The standard InChI is InChI=1S/C12H13F2NO2/c13-8-3-4-11(10(14)6-8)15-12(16)7-9-2-1-5-17-9/h3-4,6,9H,1-2,5,7H2,(H,15,16). The summed E-state index contributed by atoms with van der Waals surface area (Å²) in [5.41, 5.74) is -0.00519. The summed E-state index contributed by atoms with van der Waals surface area (Å²) in [5, 5.41) is 2.40. The number of anilines is 1. The van der Waals surface area contributed by atoms with E-state index in [-0.39, 0.29) is 24.1 Å². The van der Waals surface area contributed by atoms with E-state index in [2.05, 4.69) is 5.32 Å². The van der Waals surface area contributed by atoms with Crippen LogP contribution in [0.2, 0.25) is 0 Å². The lowest BCUT2D eigenvalue weighted by molar-refractivity contribution is -0.118. The van der Waals surface area contributed by atoms with E-state index in [0.29, 0.717) is 6.61 Å². The zero-order chi connectivity index (χ0) is 12.3. The molecular formula is C12H13F2NO2.